The number of phenolic OH excluding ortho intramolecular Hbond substituents is 6. The van der Waals surface area contributed by atoms with E-state index in [1.807, 2.05) is 74.5 Å². The van der Waals surface area contributed by atoms with E-state index in [1.54, 1.807) is 26.0 Å². The average Bonchev–Trinajstić information content (AvgIpc) is 3.13. The van der Waals surface area contributed by atoms with Gasteiger partial charge in [-0.3, -0.25) is 9.59 Å². The van der Waals surface area contributed by atoms with Gasteiger partial charge in [-0.25, -0.2) is 0 Å². The quantitative estimate of drug-likeness (QED) is 0.0577. The molecule has 6 aromatic rings. The molecule has 8 heteroatoms. The summed E-state index contributed by atoms with van der Waals surface area (Å²) < 4.78 is 0. The molecule has 0 aliphatic rings. The van der Waals surface area contributed by atoms with Crippen molar-refractivity contribution >= 4 is 33.1 Å². The topological polar surface area (TPSA) is 156 Å². The summed E-state index contributed by atoms with van der Waals surface area (Å²) in [5.74, 6) is -3.68. The lowest BCUT2D eigenvalue weighted by Crippen LogP contribution is -2.05. The van der Waals surface area contributed by atoms with Crippen molar-refractivity contribution in [2.45, 2.75) is 65.2 Å². The number of Topliss-reactive ketones (excluding diaryl/α,β-unsaturated/α-hetero) is 2. The summed E-state index contributed by atoms with van der Waals surface area (Å²) in [5.41, 5.74) is 3.23. The van der Waals surface area contributed by atoms with E-state index in [9.17, 15) is 40.2 Å². The minimum atomic E-state index is -0.582. The molecule has 6 aromatic carbocycles. The second-order valence-electron chi connectivity index (χ2n) is 13.8. The highest BCUT2D eigenvalue weighted by Crippen LogP contribution is 2.51. The Kier molecular flexibility index (Phi) is 9.85. The summed E-state index contributed by atoms with van der Waals surface area (Å²) >= 11 is 0. The Hall–Kier alpha value is -6.02. The molecule has 6 rings (SSSR count). The number of rotatable bonds is 11. The summed E-state index contributed by atoms with van der Waals surface area (Å²) in [6.07, 6.45) is 1.14. The molecule has 0 saturated heterocycles. The first-order chi connectivity index (χ1) is 24.8. The number of ketones is 2. The van der Waals surface area contributed by atoms with Crippen LogP contribution in [0, 0.1) is 13.8 Å². The van der Waals surface area contributed by atoms with Crippen LogP contribution >= 0.6 is 0 Å². The molecule has 0 bridgehead atoms. The number of aromatic hydroxyl groups is 6. The molecule has 0 amide bonds. The molecule has 2 atom stereocenters. The number of fused-ring (bicyclic) bond motifs is 2. The van der Waals surface area contributed by atoms with Crippen molar-refractivity contribution < 1.29 is 40.2 Å². The van der Waals surface area contributed by atoms with Gasteiger partial charge in [0.2, 0.25) is 0 Å². The van der Waals surface area contributed by atoms with Gasteiger partial charge in [0.1, 0.15) is 11.5 Å². The molecular formula is C44H42O8. The smallest absolute Gasteiger partial charge is 0.169 e. The Balaban J connectivity index is 1.41. The van der Waals surface area contributed by atoms with Crippen molar-refractivity contribution in [3.63, 3.8) is 0 Å². The molecule has 6 N–H and O–H groups in total. The maximum atomic E-state index is 13.6. The lowest BCUT2D eigenvalue weighted by atomic mass is 9.85. The third-order valence-electron chi connectivity index (χ3n) is 10.3. The highest BCUT2D eigenvalue weighted by Gasteiger charge is 2.28. The van der Waals surface area contributed by atoms with Crippen LogP contribution in [0.25, 0.3) is 32.7 Å². The Morgan fingerprint density at radius 2 is 0.846 bits per heavy atom. The van der Waals surface area contributed by atoms with Gasteiger partial charge < -0.3 is 30.6 Å². The zero-order valence-corrected chi connectivity index (χ0v) is 29.6. The van der Waals surface area contributed by atoms with Gasteiger partial charge in [0.05, 0.1) is 11.1 Å². The number of hydrogen-bond donors (Lipinski definition) is 6. The van der Waals surface area contributed by atoms with Gasteiger partial charge in [0, 0.05) is 45.5 Å². The van der Waals surface area contributed by atoms with Crippen molar-refractivity contribution in [2.75, 3.05) is 0 Å². The zero-order valence-electron chi connectivity index (χ0n) is 29.6. The lowest BCUT2D eigenvalue weighted by molar-refractivity contribution is 0.0968. The molecule has 0 radical (unpaired) electrons. The molecule has 0 aliphatic heterocycles. The fourth-order valence-corrected chi connectivity index (χ4v) is 7.30. The molecule has 0 fully saturated rings. The third kappa shape index (κ3) is 6.48. The van der Waals surface area contributed by atoms with Crippen molar-refractivity contribution in [1.29, 1.82) is 0 Å². The van der Waals surface area contributed by atoms with Crippen molar-refractivity contribution in [2.24, 2.45) is 0 Å². The van der Waals surface area contributed by atoms with E-state index in [4.69, 9.17) is 0 Å². The predicted octanol–water partition coefficient (Wildman–Crippen LogP) is 10.0. The summed E-state index contributed by atoms with van der Waals surface area (Å²) in [6, 6.07) is 25.1. The minimum Gasteiger partial charge on any atom is -0.507 e. The lowest BCUT2D eigenvalue weighted by Gasteiger charge is -2.20. The van der Waals surface area contributed by atoms with Crippen LogP contribution in [0.2, 0.25) is 0 Å². The average molecular weight is 699 g/mol. The predicted molar refractivity (Wildman–Crippen MR) is 203 cm³/mol. The van der Waals surface area contributed by atoms with Crippen LogP contribution in [0.5, 0.6) is 34.5 Å². The van der Waals surface area contributed by atoms with E-state index in [-0.39, 0.29) is 80.0 Å². The normalized spacial score (nSPS) is 12.6. The number of aryl methyl sites for hydroxylation is 2. The minimum absolute atomic E-state index is 0.0615. The van der Waals surface area contributed by atoms with E-state index in [1.165, 1.54) is 12.1 Å². The molecule has 0 aliphatic carbocycles. The van der Waals surface area contributed by atoms with E-state index >= 15 is 0 Å². The van der Waals surface area contributed by atoms with Gasteiger partial charge >= 0.3 is 0 Å². The van der Waals surface area contributed by atoms with Gasteiger partial charge in [0.15, 0.2) is 34.6 Å². The third-order valence-corrected chi connectivity index (χ3v) is 10.3. The molecule has 0 saturated carbocycles. The second-order valence-corrected chi connectivity index (χ2v) is 13.8. The molecule has 1 unspecified atom stereocenters. The molecular weight excluding hydrogens is 656 g/mol. The first-order valence-corrected chi connectivity index (χ1v) is 17.4. The Morgan fingerprint density at radius 3 is 1.19 bits per heavy atom. The molecule has 8 nitrogen and oxygen atoms in total. The van der Waals surface area contributed by atoms with Crippen LogP contribution in [0.1, 0.15) is 94.3 Å². The van der Waals surface area contributed by atoms with Crippen LogP contribution in [-0.4, -0.2) is 42.2 Å². The standard InChI is InChI=1S/C44H42O8/c1-23(27-11-7-5-8-12-27)15-17-33(45)39-29-19-25(3)37(41(49)31(29)21-35(47)43(39)51)38-26(4)20-30-32(42(38)50)22-36(48)44(52)40(30)34(46)18-16-24(2)28-13-9-6-10-14-28/h5-14,19-24,47-52H,15-18H2,1-4H3/t23-,24?/m0/s1. The SMILES string of the molecule is Cc1cc2c(C(=O)CCC(C)c3ccccc3)c(O)c(O)cc2c(O)c1-c1c(C)cc2c(C(=O)CC[C@H](C)c3ccccc3)c(O)c(O)cc2c1O. The molecule has 0 heterocycles. The van der Waals surface area contributed by atoms with Gasteiger partial charge in [-0.1, -0.05) is 74.5 Å². The maximum absolute atomic E-state index is 13.6. The van der Waals surface area contributed by atoms with Gasteiger partial charge in [-0.05, 0) is 85.0 Å². The highest BCUT2D eigenvalue weighted by molar-refractivity contribution is 6.16. The maximum Gasteiger partial charge on any atom is 0.169 e. The highest BCUT2D eigenvalue weighted by atomic mass is 16.3. The van der Waals surface area contributed by atoms with Crippen molar-refractivity contribution in [1.82, 2.24) is 0 Å². The van der Waals surface area contributed by atoms with Gasteiger partial charge in [0.25, 0.3) is 0 Å². The Morgan fingerprint density at radius 1 is 0.500 bits per heavy atom. The van der Waals surface area contributed by atoms with E-state index in [0.717, 1.165) is 11.1 Å². The zero-order chi connectivity index (χ0) is 37.4. The van der Waals surface area contributed by atoms with E-state index in [0.29, 0.717) is 24.0 Å². The number of carbonyl (C=O) groups is 2. The fraction of sp³-hybridized carbons (Fsp3) is 0.227. The summed E-state index contributed by atoms with van der Waals surface area (Å²) in [7, 11) is 0. The first kappa shape index (κ1) is 35.8. The van der Waals surface area contributed by atoms with Crippen LogP contribution in [0.4, 0.5) is 0 Å². The Bertz CT molecular complexity index is 2180. The summed E-state index contributed by atoms with van der Waals surface area (Å²) in [4.78, 5) is 27.3. The van der Waals surface area contributed by atoms with E-state index < -0.39 is 34.6 Å². The summed E-state index contributed by atoms with van der Waals surface area (Å²) in [6.45, 7) is 7.39. The molecule has 266 valence electrons. The number of benzene rings is 6. The van der Waals surface area contributed by atoms with Crippen molar-refractivity contribution in [3.8, 4) is 45.6 Å². The molecule has 0 aromatic heterocycles. The molecule has 52 heavy (non-hydrogen) atoms. The number of hydrogen-bond acceptors (Lipinski definition) is 8. The van der Waals surface area contributed by atoms with Crippen LogP contribution in [0.3, 0.4) is 0 Å². The second kappa shape index (κ2) is 14.3. The van der Waals surface area contributed by atoms with E-state index in [2.05, 4.69) is 0 Å². The largest absolute Gasteiger partial charge is 0.507 e. The fourth-order valence-electron chi connectivity index (χ4n) is 7.30. The monoisotopic (exact) mass is 698 g/mol. The summed E-state index contributed by atoms with van der Waals surface area (Å²) in [5, 5.41) is 67.5. The van der Waals surface area contributed by atoms with Crippen LogP contribution in [0.15, 0.2) is 84.9 Å². The van der Waals surface area contributed by atoms with Gasteiger partial charge in [-0.15, -0.1) is 0 Å². The Labute approximate surface area is 301 Å². The number of carbonyl (C=O) groups excluding carboxylic acids is 2. The van der Waals surface area contributed by atoms with Crippen molar-refractivity contribution in [3.05, 3.63) is 118 Å². The van der Waals surface area contributed by atoms with Gasteiger partial charge in [-0.2, -0.15) is 0 Å². The van der Waals surface area contributed by atoms with Crippen LogP contribution < -0.4 is 0 Å². The number of phenols is 6. The van der Waals surface area contributed by atoms with Crippen LogP contribution in [-0.2, 0) is 0 Å². The molecule has 0 spiro atoms. The first-order valence-electron chi connectivity index (χ1n) is 17.4.